The van der Waals surface area contributed by atoms with Crippen LogP contribution < -0.4 is 5.32 Å². The number of rotatable bonds is 9. The largest absolute Gasteiger partial charge is 0.332 e. The first-order valence-electron chi connectivity index (χ1n) is 11.4. The van der Waals surface area contributed by atoms with Gasteiger partial charge in [0.1, 0.15) is 6.54 Å². The first-order chi connectivity index (χ1) is 15.9. The lowest BCUT2D eigenvalue weighted by Crippen LogP contribution is -2.47. The van der Waals surface area contributed by atoms with E-state index in [0.29, 0.717) is 13.1 Å². The van der Waals surface area contributed by atoms with E-state index in [2.05, 4.69) is 5.32 Å². The molecule has 33 heavy (non-hydrogen) atoms. The molecule has 5 nitrogen and oxygen atoms in total. The first-order valence-corrected chi connectivity index (χ1v) is 12.2. The Morgan fingerprint density at radius 3 is 2.36 bits per heavy atom. The summed E-state index contributed by atoms with van der Waals surface area (Å²) >= 11 is 1.63. The maximum absolute atomic E-state index is 13.5. The SMILES string of the molecule is CCC(C)N(CC(=O)N(Cc1ccccc1)Cc1cccs1)C(=O)Nc1ccc(C)c(C)c1. The van der Waals surface area contributed by atoms with Crippen LogP contribution in [0.4, 0.5) is 10.5 Å². The summed E-state index contributed by atoms with van der Waals surface area (Å²) in [6, 6.07) is 19.5. The predicted molar refractivity (Wildman–Crippen MR) is 136 cm³/mol. The molecule has 1 atom stereocenters. The van der Waals surface area contributed by atoms with Gasteiger partial charge in [0.2, 0.25) is 5.91 Å². The minimum Gasteiger partial charge on any atom is -0.332 e. The van der Waals surface area contributed by atoms with Gasteiger partial charge in [-0.3, -0.25) is 4.79 Å². The average molecular weight is 464 g/mol. The molecule has 3 rings (SSSR count). The van der Waals surface area contributed by atoms with Gasteiger partial charge in [0.25, 0.3) is 0 Å². The minimum absolute atomic E-state index is 0.0316. The summed E-state index contributed by atoms with van der Waals surface area (Å²) < 4.78 is 0. The molecule has 6 heteroatoms. The van der Waals surface area contributed by atoms with Crippen molar-refractivity contribution in [1.82, 2.24) is 9.80 Å². The van der Waals surface area contributed by atoms with Crippen LogP contribution in [-0.2, 0) is 17.9 Å². The quantitative estimate of drug-likeness (QED) is 0.409. The van der Waals surface area contributed by atoms with Crippen LogP contribution in [-0.4, -0.2) is 34.3 Å². The third-order valence-electron chi connectivity index (χ3n) is 5.94. The Labute approximate surface area is 201 Å². The Morgan fingerprint density at radius 1 is 0.970 bits per heavy atom. The molecule has 0 spiro atoms. The van der Waals surface area contributed by atoms with E-state index in [1.165, 1.54) is 5.56 Å². The van der Waals surface area contributed by atoms with Gasteiger partial charge in [0, 0.05) is 23.2 Å². The van der Waals surface area contributed by atoms with Crippen molar-refractivity contribution in [1.29, 1.82) is 0 Å². The van der Waals surface area contributed by atoms with Gasteiger partial charge in [-0.25, -0.2) is 4.79 Å². The third kappa shape index (κ3) is 6.93. The number of urea groups is 1. The lowest BCUT2D eigenvalue weighted by Gasteiger charge is -2.31. The van der Waals surface area contributed by atoms with Crippen molar-refractivity contribution in [3.05, 3.63) is 87.6 Å². The molecule has 0 aliphatic rings. The molecule has 174 valence electrons. The second kappa shape index (κ2) is 11.7. The Balaban J connectivity index is 1.77. The van der Waals surface area contributed by atoms with E-state index >= 15 is 0 Å². The van der Waals surface area contributed by atoms with Crippen LogP contribution in [0.15, 0.2) is 66.0 Å². The fraction of sp³-hybridized carbons (Fsp3) is 0.333. The van der Waals surface area contributed by atoms with E-state index < -0.39 is 0 Å². The normalized spacial score (nSPS) is 11.6. The molecular formula is C27H33N3O2S. The van der Waals surface area contributed by atoms with E-state index in [-0.39, 0.29) is 24.5 Å². The van der Waals surface area contributed by atoms with Crippen molar-refractivity contribution in [2.75, 3.05) is 11.9 Å². The van der Waals surface area contributed by atoms with Crippen LogP contribution in [0.5, 0.6) is 0 Å². The second-order valence-corrected chi connectivity index (χ2v) is 9.46. The van der Waals surface area contributed by atoms with Gasteiger partial charge in [-0.2, -0.15) is 0 Å². The maximum atomic E-state index is 13.5. The van der Waals surface area contributed by atoms with Gasteiger partial charge in [-0.05, 0) is 67.5 Å². The molecule has 3 aromatic rings. The number of carbonyl (C=O) groups is 2. The second-order valence-electron chi connectivity index (χ2n) is 8.43. The van der Waals surface area contributed by atoms with Crippen LogP contribution in [0.25, 0.3) is 0 Å². The number of nitrogens with one attached hydrogen (secondary N) is 1. The Hall–Kier alpha value is -3.12. The highest BCUT2D eigenvalue weighted by molar-refractivity contribution is 7.09. The molecule has 1 aromatic heterocycles. The van der Waals surface area contributed by atoms with E-state index in [1.807, 2.05) is 98.6 Å². The van der Waals surface area contributed by atoms with Crippen LogP contribution in [0.1, 0.15) is 41.8 Å². The zero-order valence-corrected chi connectivity index (χ0v) is 20.7. The Bertz CT molecular complexity index is 1050. The molecule has 3 amide bonds. The van der Waals surface area contributed by atoms with Crippen LogP contribution in [0.3, 0.4) is 0 Å². The lowest BCUT2D eigenvalue weighted by molar-refractivity contribution is -0.133. The molecule has 1 heterocycles. The van der Waals surface area contributed by atoms with Gasteiger partial charge in [0.05, 0.1) is 6.54 Å². The van der Waals surface area contributed by atoms with Crippen LogP contribution in [0, 0.1) is 13.8 Å². The summed E-state index contributed by atoms with van der Waals surface area (Å²) in [7, 11) is 0. The topological polar surface area (TPSA) is 52.7 Å². The first kappa shape index (κ1) is 24.5. The highest BCUT2D eigenvalue weighted by Crippen LogP contribution is 2.18. The van der Waals surface area contributed by atoms with E-state index in [4.69, 9.17) is 0 Å². The number of hydrogen-bond acceptors (Lipinski definition) is 3. The molecule has 0 aliphatic carbocycles. The number of nitrogens with zero attached hydrogens (tertiary/aromatic N) is 2. The number of thiophene rings is 1. The molecule has 2 aromatic carbocycles. The van der Waals surface area contributed by atoms with Crippen molar-refractivity contribution in [2.24, 2.45) is 0 Å². The van der Waals surface area contributed by atoms with Gasteiger partial charge in [-0.15, -0.1) is 11.3 Å². The number of aryl methyl sites for hydroxylation is 2. The predicted octanol–water partition coefficient (Wildman–Crippen LogP) is 6.23. The monoisotopic (exact) mass is 463 g/mol. The van der Waals surface area contributed by atoms with E-state index in [9.17, 15) is 9.59 Å². The molecule has 0 saturated heterocycles. The molecule has 0 aliphatic heterocycles. The van der Waals surface area contributed by atoms with Gasteiger partial charge >= 0.3 is 6.03 Å². The van der Waals surface area contributed by atoms with Crippen molar-refractivity contribution in [3.63, 3.8) is 0 Å². The number of anilines is 1. The molecule has 1 unspecified atom stereocenters. The molecule has 0 bridgehead atoms. The molecule has 0 radical (unpaired) electrons. The summed E-state index contributed by atoms with van der Waals surface area (Å²) in [6.45, 7) is 9.13. The van der Waals surface area contributed by atoms with Gasteiger partial charge in [0.15, 0.2) is 0 Å². The van der Waals surface area contributed by atoms with E-state index in [1.54, 1.807) is 16.2 Å². The van der Waals surface area contributed by atoms with Gasteiger partial charge in [-0.1, -0.05) is 49.4 Å². The highest BCUT2D eigenvalue weighted by Gasteiger charge is 2.25. The average Bonchev–Trinajstić information content (AvgIpc) is 3.32. The molecule has 1 N–H and O–H groups in total. The number of benzene rings is 2. The zero-order valence-electron chi connectivity index (χ0n) is 19.9. The summed E-state index contributed by atoms with van der Waals surface area (Å²) in [5, 5.41) is 5.00. The molecule has 0 saturated carbocycles. The fourth-order valence-corrected chi connectivity index (χ4v) is 4.25. The Kier molecular flexibility index (Phi) is 8.66. The van der Waals surface area contributed by atoms with E-state index in [0.717, 1.165) is 28.1 Å². The molecular weight excluding hydrogens is 430 g/mol. The minimum atomic E-state index is -0.253. The third-order valence-corrected chi connectivity index (χ3v) is 6.80. The highest BCUT2D eigenvalue weighted by atomic mass is 32.1. The standard InChI is InChI=1S/C27H33N3O2S/c1-5-22(4)30(27(32)28-24-14-13-20(2)21(3)16-24)19-26(31)29(18-25-12-9-15-33-25)17-23-10-7-6-8-11-23/h6-16,22H,5,17-19H2,1-4H3,(H,28,32). The summed E-state index contributed by atoms with van der Waals surface area (Å²) in [6.07, 6.45) is 0.761. The summed E-state index contributed by atoms with van der Waals surface area (Å²) in [5.41, 5.74) is 4.09. The lowest BCUT2D eigenvalue weighted by atomic mass is 10.1. The summed E-state index contributed by atoms with van der Waals surface area (Å²) in [5.74, 6) is -0.0669. The van der Waals surface area contributed by atoms with Gasteiger partial charge < -0.3 is 15.1 Å². The van der Waals surface area contributed by atoms with Crippen molar-refractivity contribution >= 4 is 29.0 Å². The fourth-order valence-electron chi connectivity index (χ4n) is 3.54. The number of carbonyl (C=O) groups excluding carboxylic acids is 2. The van der Waals surface area contributed by atoms with Crippen LogP contribution in [0.2, 0.25) is 0 Å². The van der Waals surface area contributed by atoms with Crippen molar-refractivity contribution in [2.45, 2.75) is 53.2 Å². The summed E-state index contributed by atoms with van der Waals surface area (Å²) in [4.78, 5) is 31.3. The maximum Gasteiger partial charge on any atom is 0.322 e. The molecule has 0 fully saturated rings. The van der Waals surface area contributed by atoms with Crippen LogP contribution >= 0.6 is 11.3 Å². The smallest absolute Gasteiger partial charge is 0.322 e. The zero-order chi connectivity index (χ0) is 23.8. The number of amides is 3. The number of hydrogen-bond donors (Lipinski definition) is 1. The Morgan fingerprint density at radius 2 is 1.73 bits per heavy atom. The van der Waals surface area contributed by atoms with Crippen molar-refractivity contribution < 1.29 is 9.59 Å². The van der Waals surface area contributed by atoms with Crippen molar-refractivity contribution in [3.8, 4) is 0 Å².